The Hall–Kier alpha value is -0.748. The number of nitrogens with zero attached hydrogens (tertiary/aromatic N) is 3. The summed E-state index contributed by atoms with van der Waals surface area (Å²) in [4.78, 5) is 12.4. The minimum absolute atomic E-state index is 0. The van der Waals surface area contributed by atoms with E-state index in [1.54, 1.807) is 31.4 Å². The topological polar surface area (TPSA) is 84.3 Å². The molecule has 0 saturated heterocycles. The molecular weight excluding hydrogens is 585 g/mol. The van der Waals surface area contributed by atoms with Crippen LogP contribution in [0.15, 0.2) is 41.5 Å². The van der Waals surface area contributed by atoms with Crippen molar-refractivity contribution in [1.29, 1.82) is 0 Å². The predicted octanol–water partition coefficient (Wildman–Crippen LogP) is 1.50. The molecule has 25 heavy (non-hydrogen) atoms. The van der Waals surface area contributed by atoms with Crippen LogP contribution in [-0.4, -0.2) is 43.7 Å². The summed E-state index contributed by atoms with van der Waals surface area (Å²) in [5.41, 5.74) is 1.68. The van der Waals surface area contributed by atoms with E-state index >= 15 is 0 Å². The van der Waals surface area contributed by atoms with Gasteiger partial charge in [-0.25, -0.2) is 35.7 Å². The van der Waals surface area contributed by atoms with E-state index in [-0.39, 0.29) is 59.5 Å². The second-order valence-electron chi connectivity index (χ2n) is 4.62. The summed E-state index contributed by atoms with van der Waals surface area (Å²) in [7, 11) is -1.46. The fourth-order valence-electron chi connectivity index (χ4n) is 1.60. The molecule has 9 heteroatoms. The first-order chi connectivity index (χ1) is 11.0. The molecule has 1 heterocycles. The van der Waals surface area contributed by atoms with Crippen molar-refractivity contribution in [3.05, 3.63) is 59.9 Å². The second kappa shape index (κ2) is 11.8. The van der Waals surface area contributed by atoms with Gasteiger partial charge in [0.2, 0.25) is 5.95 Å². The van der Waals surface area contributed by atoms with Crippen LogP contribution in [0.3, 0.4) is 0 Å². The Morgan fingerprint density at radius 3 is 2.76 bits per heavy atom. The largest absolute Gasteiger partial charge is 2.00 e. The van der Waals surface area contributed by atoms with E-state index in [2.05, 4.69) is 38.6 Å². The van der Waals surface area contributed by atoms with Gasteiger partial charge in [-0.05, 0) is 6.20 Å². The Morgan fingerprint density at radius 2 is 2.16 bits per heavy atom. The number of aromatic nitrogens is 2. The van der Waals surface area contributed by atoms with E-state index < -0.39 is 9.84 Å². The quantitative estimate of drug-likeness (QED) is 0.402. The third kappa shape index (κ3) is 8.95. The van der Waals surface area contributed by atoms with E-state index in [4.69, 9.17) is 0 Å². The molecule has 0 spiro atoms. The van der Waals surface area contributed by atoms with Crippen LogP contribution in [0.25, 0.3) is 5.70 Å². The van der Waals surface area contributed by atoms with Gasteiger partial charge < -0.3 is 10.3 Å². The van der Waals surface area contributed by atoms with E-state index in [0.717, 1.165) is 11.8 Å². The summed E-state index contributed by atoms with van der Waals surface area (Å²) in [5, 5.41) is 2.84. The Balaban J connectivity index is 0.00000288. The molecular formula is C16H15N4O2SWY-. The van der Waals surface area contributed by atoms with Gasteiger partial charge in [-0.2, -0.15) is 36.5 Å². The Kier molecular flexibility index (Phi) is 11.4. The number of nitrogens with one attached hydrogen (secondary N) is 1. The average molecular weight is 600 g/mol. The van der Waals surface area contributed by atoms with Crippen LogP contribution >= 0.6 is 0 Å². The molecule has 6 nitrogen and oxygen atoms in total. The van der Waals surface area contributed by atoms with Crippen molar-refractivity contribution in [2.45, 2.75) is 0 Å². The van der Waals surface area contributed by atoms with Gasteiger partial charge in [0.15, 0.2) is 0 Å². The van der Waals surface area contributed by atoms with Crippen LogP contribution in [0.5, 0.6) is 0 Å². The van der Waals surface area contributed by atoms with Crippen LogP contribution < -0.4 is 5.32 Å². The smallest absolute Gasteiger partial charge is 0.480 e. The molecule has 0 unspecified atom stereocenters. The predicted molar refractivity (Wildman–Crippen MR) is 89.8 cm³/mol. The van der Waals surface area contributed by atoms with Gasteiger partial charge in [0.05, 0.1) is 0 Å². The van der Waals surface area contributed by atoms with E-state index in [1.807, 2.05) is 12.1 Å². The first-order valence-electron chi connectivity index (χ1n) is 6.70. The van der Waals surface area contributed by atoms with Crippen molar-refractivity contribution in [2.24, 2.45) is 4.99 Å². The third-order valence-corrected chi connectivity index (χ3v) is 3.28. The zero-order valence-corrected chi connectivity index (χ0v) is 20.3. The van der Waals surface area contributed by atoms with Gasteiger partial charge in [-0.1, -0.05) is 5.69 Å². The van der Waals surface area contributed by atoms with E-state index in [0.29, 0.717) is 17.3 Å². The van der Waals surface area contributed by atoms with Crippen molar-refractivity contribution in [3.8, 4) is 0 Å². The number of aliphatic imine (C=N–C) groups is 1. The minimum atomic E-state index is -3.17. The van der Waals surface area contributed by atoms with Gasteiger partial charge in [0.1, 0.15) is 9.84 Å². The first-order valence-corrected chi connectivity index (χ1v) is 8.76. The molecule has 0 saturated carbocycles. The average Bonchev–Trinajstić information content (AvgIpc) is 2.54. The maximum atomic E-state index is 11.2. The fraction of sp³-hybridized carbons (Fsp3) is 0.188. The number of benzene rings is 1. The first kappa shape index (κ1) is 24.3. The van der Waals surface area contributed by atoms with Gasteiger partial charge in [-0.3, -0.25) is 0 Å². The molecule has 1 radical (unpaired) electrons. The van der Waals surface area contributed by atoms with Gasteiger partial charge in [0, 0.05) is 51.8 Å². The van der Waals surface area contributed by atoms with Crippen molar-refractivity contribution in [2.75, 3.05) is 24.4 Å². The number of rotatable bonds is 6. The Bertz CT molecular complexity index is 827. The molecule has 0 aliphatic heterocycles. The summed E-state index contributed by atoms with van der Waals surface area (Å²) >= 11 is 0. The molecule has 1 N–H and O–H groups in total. The summed E-state index contributed by atoms with van der Waals surface area (Å²) in [6.45, 7) is 0. The SMILES string of the molecule is CNc1nccc([C-]=C(N=[C-]CS(C)(=O)=O)c2c[c-]ccc2)n1.[W+2].[Y]. The zero-order chi connectivity index (χ0) is 16.7. The maximum Gasteiger partial charge on any atom is 2.00 e. The van der Waals surface area contributed by atoms with Crippen LogP contribution in [-0.2, 0) is 63.6 Å². The number of anilines is 1. The van der Waals surface area contributed by atoms with Crippen LogP contribution in [0.2, 0.25) is 0 Å². The second-order valence-corrected chi connectivity index (χ2v) is 6.76. The van der Waals surface area contributed by atoms with Crippen molar-refractivity contribution in [1.82, 2.24) is 9.97 Å². The molecule has 0 fully saturated rings. The van der Waals surface area contributed by atoms with Crippen molar-refractivity contribution >= 4 is 27.7 Å². The summed E-state index contributed by atoms with van der Waals surface area (Å²) in [5.74, 6) is 0.193. The molecule has 127 valence electrons. The minimum Gasteiger partial charge on any atom is -0.480 e. The van der Waals surface area contributed by atoms with Crippen LogP contribution in [0.1, 0.15) is 11.3 Å². The Morgan fingerprint density at radius 1 is 1.40 bits per heavy atom. The van der Waals surface area contributed by atoms with Crippen LogP contribution in [0, 0.1) is 12.1 Å². The molecule has 0 aliphatic rings. The standard InChI is InChI=1S/C16H15N4O2S.W.Y/c1-17-16-19-9-8-14(20-16)12-15(13-6-4-3-5-7-13)18-10-11-23(2,21)22;;/h3-4,6-9H,11H2,1-2H3,(H,17,19,20);;/q-3;+2;. The molecule has 0 atom stereocenters. The number of sulfone groups is 1. The van der Waals surface area contributed by atoms with Crippen LogP contribution in [0.4, 0.5) is 5.95 Å². The normalized spacial score (nSPS) is 11.5. The van der Waals surface area contributed by atoms with E-state index in [1.165, 1.54) is 0 Å². The maximum absolute atomic E-state index is 11.2. The van der Waals surface area contributed by atoms with Gasteiger partial charge >= 0.3 is 21.1 Å². The van der Waals surface area contributed by atoms with Crippen molar-refractivity contribution < 1.29 is 62.2 Å². The summed E-state index contributed by atoms with van der Waals surface area (Å²) < 4.78 is 22.4. The molecule has 0 amide bonds. The molecule has 2 aromatic rings. The van der Waals surface area contributed by atoms with E-state index in [9.17, 15) is 8.42 Å². The van der Waals surface area contributed by atoms with Gasteiger partial charge in [0.25, 0.3) is 0 Å². The van der Waals surface area contributed by atoms with Crippen molar-refractivity contribution in [3.63, 3.8) is 0 Å². The zero-order valence-electron chi connectivity index (χ0n) is 13.7. The molecule has 2 rings (SSSR count). The molecule has 1 aromatic carbocycles. The number of hydrogen-bond donors (Lipinski definition) is 1. The summed E-state index contributed by atoms with van der Waals surface area (Å²) in [6, 6.07) is 11.7. The number of hydrogen-bond acceptors (Lipinski definition) is 6. The fourth-order valence-corrected chi connectivity index (χ4v) is 1.90. The molecule has 0 aliphatic carbocycles. The summed E-state index contributed by atoms with van der Waals surface area (Å²) in [6.07, 6.45) is 8.30. The molecule has 0 bridgehead atoms. The monoisotopic (exact) mass is 600 g/mol. The van der Waals surface area contributed by atoms with Gasteiger partial charge in [-0.15, -0.1) is 6.07 Å². The Labute approximate surface area is 187 Å². The molecule has 1 aromatic heterocycles. The third-order valence-electron chi connectivity index (χ3n) is 2.62.